The second kappa shape index (κ2) is 6.57. The van der Waals surface area contributed by atoms with Gasteiger partial charge in [-0.05, 0) is 31.2 Å². The van der Waals surface area contributed by atoms with Gasteiger partial charge in [-0.3, -0.25) is 0 Å². The van der Waals surface area contributed by atoms with Gasteiger partial charge < -0.3 is 9.88 Å². The highest BCUT2D eigenvalue weighted by Gasteiger charge is 2.25. The summed E-state index contributed by atoms with van der Waals surface area (Å²) in [7, 11) is 0. The van der Waals surface area contributed by atoms with Gasteiger partial charge in [0, 0.05) is 30.6 Å². The average Bonchev–Trinajstić information content (AvgIpc) is 3.16. The molecule has 1 N–H and O–H groups in total. The monoisotopic (exact) mass is 332 g/mol. The summed E-state index contributed by atoms with van der Waals surface area (Å²) in [4.78, 5) is 8.94. The Kier molecular flexibility index (Phi) is 4.11. The molecule has 0 fully saturated rings. The van der Waals surface area contributed by atoms with Crippen molar-refractivity contribution in [2.24, 2.45) is 0 Å². The van der Waals surface area contributed by atoms with E-state index in [4.69, 9.17) is 4.98 Å². The minimum absolute atomic E-state index is 0.177. The Morgan fingerprint density at radius 3 is 2.64 bits per heavy atom. The van der Waals surface area contributed by atoms with Crippen molar-refractivity contribution in [1.82, 2.24) is 14.5 Å². The molecule has 6 heteroatoms. The first kappa shape index (κ1) is 15.7. The van der Waals surface area contributed by atoms with Crippen LogP contribution in [-0.2, 0) is 25.8 Å². The molecule has 1 aliphatic carbocycles. The fourth-order valence-corrected chi connectivity index (χ4v) is 3.96. The molecule has 4 rings (SSSR count). The number of aryl methyl sites for hydroxylation is 1. The van der Waals surface area contributed by atoms with Crippen molar-refractivity contribution in [3.05, 3.63) is 40.6 Å². The standard InChI is InChI=1S/C19H20N6/c20-8-16-15-5-3-1-2-4-6-18(15)24-19(17(16)9-21)23-13-7-14-10-22-12-25(14)11-13/h10,12-13H,1-7,11H2,(H,23,24). The van der Waals surface area contributed by atoms with Gasteiger partial charge in [-0.15, -0.1) is 0 Å². The maximum atomic E-state index is 9.69. The minimum Gasteiger partial charge on any atom is -0.364 e. The van der Waals surface area contributed by atoms with Gasteiger partial charge in [0.1, 0.15) is 23.5 Å². The quantitative estimate of drug-likeness (QED) is 0.913. The summed E-state index contributed by atoms with van der Waals surface area (Å²) in [6.07, 6.45) is 10.8. The molecule has 3 heterocycles. The van der Waals surface area contributed by atoms with Crippen LogP contribution in [0.3, 0.4) is 0 Å². The zero-order chi connectivity index (χ0) is 17.2. The molecular formula is C19H20N6. The molecule has 2 aliphatic rings. The smallest absolute Gasteiger partial charge is 0.145 e. The van der Waals surface area contributed by atoms with Crippen LogP contribution in [0.4, 0.5) is 5.82 Å². The first-order chi connectivity index (χ1) is 12.3. The number of aromatic nitrogens is 3. The molecular weight excluding hydrogens is 312 g/mol. The molecule has 25 heavy (non-hydrogen) atoms. The van der Waals surface area contributed by atoms with Crippen LogP contribution < -0.4 is 5.32 Å². The number of fused-ring (bicyclic) bond motifs is 2. The number of hydrogen-bond donors (Lipinski definition) is 1. The first-order valence-electron chi connectivity index (χ1n) is 8.91. The average molecular weight is 332 g/mol. The van der Waals surface area contributed by atoms with Gasteiger partial charge in [-0.25, -0.2) is 9.97 Å². The number of anilines is 1. The second-order valence-corrected chi connectivity index (χ2v) is 6.86. The SMILES string of the molecule is N#Cc1c(NC2Cc3cncn3C2)nc2c(c1C#N)CCCCCC2. The molecule has 6 nitrogen and oxygen atoms in total. The van der Waals surface area contributed by atoms with Gasteiger partial charge in [-0.1, -0.05) is 12.8 Å². The number of nitrogens with zero attached hydrogens (tertiary/aromatic N) is 5. The van der Waals surface area contributed by atoms with Gasteiger partial charge in [0.25, 0.3) is 0 Å². The first-order valence-corrected chi connectivity index (χ1v) is 8.91. The summed E-state index contributed by atoms with van der Waals surface area (Å²) in [5.41, 5.74) is 4.10. The maximum absolute atomic E-state index is 9.69. The molecule has 2 aromatic rings. The van der Waals surface area contributed by atoms with Crippen LogP contribution in [0.2, 0.25) is 0 Å². The summed E-state index contributed by atoms with van der Waals surface area (Å²) < 4.78 is 2.11. The number of nitrogens with one attached hydrogen (secondary N) is 1. The molecule has 0 radical (unpaired) electrons. The van der Waals surface area contributed by atoms with Crippen molar-refractivity contribution in [1.29, 1.82) is 10.5 Å². The van der Waals surface area contributed by atoms with Crippen LogP contribution in [0.15, 0.2) is 12.5 Å². The fraction of sp³-hybridized carbons (Fsp3) is 0.474. The summed E-state index contributed by atoms with van der Waals surface area (Å²) in [5, 5.41) is 22.8. The molecule has 1 unspecified atom stereocenters. The lowest BCUT2D eigenvalue weighted by Gasteiger charge is -2.20. The predicted molar refractivity (Wildman–Crippen MR) is 92.9 cm³/mol. The zero-order valence-electron chi connectivity index (χ0n) is 14.1. The molecule has 1 atom stereocenters. The van der Waals surface area contributed by atoms with E-state index in [9.17, 15) is 10.5 Å². The van der Waals surface area contributed by atoms with Crippen molar-refractivity contribution >= 4 is 5.82 Å². The van der Waals surface area contributed by atoms with E-state index in [1.165, 1.54) is 18.5 Å². The highest BCUT2D eigenvalue weighted by atomic mass is 15.1. The Labute approximate surface area is 147 Å². The number of rotatable bonds is 2. The highest BCUT2D eigenvalue weighted by molar-refractivity contribution is 5.64. The van der Waals surface area contributed by atoms with E-state index >= 15 is 0 Å². The Bertz CT molecular complexity index is 862. The van der Waals surface area contributed by atoms with E-state index in [2.05, 4.69) is 27.0 Å². The maximum Gasteiger partial charge on any atom is 0.145 e. The minimum atomic E-state index is 0.177. The van der Waals surface area contributed by atoms with E-state index in [1.54, 1.807) is 0 Å². The van der Waals surface area contributed by atoms with Crippen LogP contribution in [0.1, 0.15) is 53.8 Å². The Balaban J connectivity index is 1.69. The third kappa shape index (κ3) is 2.85. The summed E-state index contributed by atoms with van der Waals surface area (Å²) >= 11 is 0. The van der Waals surface area contributed by atoms with Gasteiger partial charge in [-0.2, -0.15) is 10.5 Å². The lowest BCUT2D eigenvalue weighted by Crippen LogP contribution is -2.23. The molecule has 126 valence electrons. The van der Waals surface area contributed by atoms with Crippen molar-refractivity contribution in [2.45, 2.75) is 57.5 Å². The number of imidazole rings is 1. The summed E-state index contributed by atoms with van der Waals surface area (Å²) in [6.45, 7) is 0.806. The van der Waals surface area contributed by atoms with Crippen LogP contribution in [0.5, 0.6) is 0 Å². The third-order valence-electron chi connectivity index (χ3n) is 5.21. The van der Waals surface area contributed by atoms with E-state index in [0.29, 0.717) is 16.9 Å². The second-order valence-electron chi connectivity index (χ2n) is 6.86. The van der Waals surface area contributed by atoms with Crippen LogP contribution >= 0.6 is 0 Å². The predicted octanol–water partition coefficient (Wildman–Crippen LogP) is 2.72. The molecule has 0 saturated heterocycles. The van der Waals surface area contributed by atoms with E-state index in [1.807, 2.05) is 12.5 Å². The van der Waals surface area contributed by atoms with Gasteiger partial charge >= 0.3 is 0 Å². The fourth-order valence-electron chi connectivity index (χ4n) is 3.96. The molecule has 0 saturated carbocycles. The van der Waals surface area contributed by atoms with Crippen LogP contribution in [0.25, 0.3) is 0 Å². The molecule has 0 amide bonds. The van der Waals surface area contributed by atoms with Crippen molar-refractivity contribution < 1.29 is 0 Å². The number of pyridine rings is 1. The zero-order valence-corrected chi connectivity index (χ0v) is 14.1. The molecule has 2 aromatic heterocycles. The molecule has 0 bridgehead atoms. The van der Waals surface area contributed by atoms with E-state index < -0.39 is 0 Å². The Morgan fingerprint density at radius 1 is 1.08 bits per heavy atom. The summed E-state index contributed by atoms with van der Waals surface area (Å²) in [5.74, 6) is 0.571. The highest BCUT2D eigenvalue weighted by Crippen LogP contribution is 2.29. The van der Waals surface area contributed by atoms with Gasteiger partial charge in [0.2, 0.25) is 0 Å². The lowest BCUT2D eigenvalue weighted by atomic mass is 9.91. The topological polar surface area (TPSA) is 90.3 Å². The van der Waals surface area contributed by atoms with Crippen LogP contribution in [0, 0.1) is 22.7 Å². The molecule has 0 aromatic carbocycles. The molecule has 0 spiro atoms. The Hall–Kier alpha value is -2.86. The van der Waals surface area contributed by atoms with E-state index in [-0.39, 0.29) is 6.04 Å². The van der Waals surface area contributed by atoms with E-state index in [0.717, 1.165) is 49.9 Å². The van der Waals surface area contributed by atoms with Gasteiger partial charge in [0.15, 0.2) is 0 Å². The molecule has 1 aliphatic heterocycles. The third-order valence-corrected chi connectivity index (χ3v) is 5.21. The summed E-state index contributed by atoms with van der Waals surface area (Å²) in [6, 6.07) is 4.68. The van der Waals surface area contributed by atoms with Crippen molar-refractivity contribution in [2.75, 3.05) is 5.32 Å². The van der Waals surface area contributed by atoms with Crippen molar-refractivity contribution in [3.63, 3.8) is 0 Å². The van der Waals surface area contributed by atoms with Crippen LogP contribution in [-0.4, -0.2) is 20.6 Å². The largest absolute Gasteiger partial charge is 0.364 e. The normalized spacial score (nSPS) is 19.0. The lowest BCUT2D eigenvalue weighted by molar-refractivity contribution is 0.607. The van der Waals surface area contributed by atoms with Gasteiger partial charge in [0.05, 0.1) is 17.9 Å². The van der Waals surface area contributed by atoms with Crippen molar-refractivity contribution in [3.8, 4) is 12.1 Å². The number of nitriles is 2. The number of hydrogen-bond acceptors (Lipinski definition) is 5. The Morgan fingerprint density at radius 2 is 1.88 bits per heavy atom.